The molecule has 1 fully saturated rings. The van der Waals surface area contributed by atoms with Gasteiger partial charge in [-0.25, -0.2) is 0 Å². The molecule has 6 heteroatoms. The Morgan fingerprint density at radius 1 is 0.952 bits per heavy atom. The van der Waals surface area contributed by atoms with Crippen LogP contribution in [0.25, 0.3) is 0 Å². The summed E-state index contributed by atoms with van der Waals surface area (Å²) in [5.41, 5.74) is -0.373. The summed E-state index contributed by atoms with van der Waals surface area (Å²) in [4.78, 5) is 31.8. The topological polar surface area (TPSA) is 51.2 Å². The summed E-state index contributed by atoms with van der Waals surface area (Å²) >= 11 is 15.8. The van der Waals surface area contributed by atoms with E-state index in [9.17, 15) is 14.4 Å². The molecule has 0 radical (unpaired) electrons. The molecule has 0 unspecified atom stereocenters. The highest BCUT2D eigenvalue weighted by atomic mass is 35.5. The summed E-state index contributed by atoms with van der Waals surface area (Å²) in [6, 6.07) is 0. The van der Waals surface area contributed by atoms with Crippen molar-refractivity contribution >= 4 is 50.5 Å². The molecule has 0 spiro atoms. The standard InChI is InChI=1S/C10H14Cl2O2.C5H9ClO/c11-9(13)5-8(6-10(12)14)7-3-1-2-4-7;1-5(2,3)4(6)7/h7-8H,1-6H2;1-3H3. The zero-order chi connectivity index (χ0) is 16.6. The first-order valence-electron chi connectivity index (χ1n) is 7.10. The van der Waals surface area contributed by atoms with Crippen LogP contribution in [0.3, 0.4) is 0 Å². The molecule has 0 atom stereocenters. The van der Waals surface area contributed by atoms with Crippen LogP contribution >= 0.6 is 34.8 Å². The Kier molecular flexibility index (Phi) is 9.75. The predicted octanol–water partition coefficient (Wildman–Crippen LogP) is 4.90. The van der Waals surface area contributed by atoms with E-state index in [-0.39, 0.29) is 39.9 Å². The van der Waals surface area contributed by atoms with Gasteiger partial charge in [0.1, 0.15) is 0 Å². The van der Waals surface area contributed by atoms with Crippen LogP contribution < -0.4 is 0 Å². The van der Waals surface area contributed by atoms with Crippen molar-refractivity contribution < 1.29 is 14.4 Å². The number of rotatable bonds is 5. The Bertz CT molecular complexity index is 353. The normalized spacial score (nSPS) is 15.6. The molecule has 0 aromatic rings. The lowest BCUT2D eigenvalue weighted by Crippen LogP contribution is -2.16. The van der Waals surface area contributed by atoms with Gasteiger partial charge in [0.25, 0.3) is 0 Å². The molecule has 21 heavy (non-hydrogen) atoms. The zero-order valence-corrected chi connectivity index (χ0v) is 15.0. The van der Waals surface area contributed by atoms with Gasteiger partial charge in [0.2, 0.25) is 15.7 Å². The molecule has 1 aliphatic rings. The van der Waals surface area contributed by atoms with E-state index in [4.69, 9.17) is 34.8 Å². The van der Waals surface area contributed by atoms with Gasteiger partial charge in [0.05, 0.1) is 0 Å². The minimum Gasteiger partial charge on any atom is -0.281 e. The first-order valence-corrected chi connectivity index (χ1v) is 8.24. The van der Waals surface area contributed by atoms with E-state index in [1.807, 2.05) is 0 Å². The van der Waals surface area contributed by atoms with Crippen LogP contribution in [0, 0.1) is 17.3 Å². The van der Waals surface area contributed by atoms with E-state index in [1.54, 1.807) is 20.8 Å². The zero-order valence-electron chi connectivity index (χ0n) is 12.8. The third-order valence-corrected chi connectivity index (χ3v) is 4.38. The number of hydrogen-bond acceptors (Lipinski definition) is 3. The largest absolute Gasteiger partial charge is 0.281 e. The second-order valence-corrected chi connectivity index (χ2v) is 7.63. The minimum absolute atomic E-state index is 0.0625. The van der Waals surface area contributed by atoms with Crippen molar-refractivity contribution in [3.8, 4) is 0 Å². The number of carbonyl (C=O) groups is 3. The van der Waals surface area contributed by atoms with Crippen LogP contribution in [-0.4, -0.2) is 15.7 Å². The van der Waals surface area contributed by atoms with Gasteiger partial charge >= 0.3 is 0 Å². The van der Waals surface area contributed by atoms with Gasteiger partial charge in [0.15, 0.2) is 0 Å². The van der Waals surface area contributed by atoms with Crippen LogP contribution in [0.2, 0.25) is 0 Å². The summed E-state index contributed by atoms with van der Waals surface area (Å²) in [6.07, 6.45) is 5.13. The maximum Gasteiger partial charge on any atom is 0.226 e. The molecule has 0 N–H and O–H groups in total. The van der Waals surface area contributed by atoms with Gasteiger partial charge < -0.3 is 0 Å². The summed E-state index contributed by atoms with van der Waals surface area (Å²) in [7, 11) is 0. The fraction of sp³-hybridized carbons (Fsp3) is 0.800. The third-order valence-electron chi connectivity index (χ3n) is 3.50. The lowest BCUT2D eigenvalue weighted by molar-refractivity contribution is -0.118. The molecule has 1 saturated carbocycles. The SMILES string of the molecule is CC(C)(C)C(=O)Cl.O=C(Cl)CC(CC(=O)Cl)C1CCCC1. The molecule has 0 bridgehead atoms. The average Bonchev–Trinajstić information content (AvgIpc) is 2.79. The summed E-state index contributed by atoms with van der Waals surface area (Å²) in [6.45, 7) is 5.34. The molecule has 122 valence electrons. The van der Waals surface area contributed by atoms with E-state index in [1.165, 1.54) is 12.8 Å². The summed E-state index contributed by atoms with van der Waals surface area (Å²) in [5, 5.41) is -1.01. The van der Waals surface area contributed by atoms with Crippen molar-refractivity contribution in [3.05, 3.63) is 0 Å². The first kappa shape index (κ1) is 20.9. The van der Waals surface area contributed by atoms with E-state index in [0.29, 0.717) is 5.92 Å². The first-order chi connectivity index (χ1) is 9.54. The fourth-order valence-electron chi connectivity index (χ4n) is 2.25. The predicted molar refractivity (Wildman–Crippen MR) is 86.7 cm³/mol. The van der Waals surface area contributed by atoms with Gasteiger partial charge in [-0.05, 0) is 46.6 Å². The lowest BCUT2D eigenvalue weighted by atomic mass is 9.86. The van der Waals surface area contributed by atoms with Gasteiger partial charge in [-0.1, -0.05) is 46.5 Å². The van der Waals surface area contributed by atoms with Gasteiger partial charge in [-0.3, -0.25) is 14.4 Å². The van der Waals surface area contributed by atoms with Crippen LogP contribution in [0.1, 0.15) is 59.3 Å². The molecular weight excluding hydrogens is 335 g/mol. The molecule has 0 aromatic heterocycles. The maximum atomic E-state index is 10.8. The van der Waals surface area contributed by atoms with Crippen LogP contribution in [-0.2, 0) is 14.4 Å². The Balaban J connectivity index is 0.000000486. The molecule has 1 rings (SSSR count). The third kappa shape index (κ3) is 10.3. The molecule has 1 aliphatic carbocycles. The highest BCUT2D eigenvalue weighted by Gasteiger charge is 2.27. The van der Waals surface area contributed by atoms with E-state index >= 15 is 0 Å². The monoisotopic (exact) mass is 356 g/mol. The average molecular weight is 358 g/mol. The fourth-order valence-corrected chi connectivity index (χ4v) is 2.64. The van der Waals surface area contributed by atoms with E-state index < -0.39 is 0 Å². The van der Waals surface area contributed by atoms with Crippen molar-refractivity contribution in [3.63, 3.8) is 0 Å². The van der Waals surface area contributed by atoms with Crippen LogP contribution in [0.5, 0.6) is 0 Å². The Labute approximate surface area is 141 Å². The van der Waals surface area contributed by atoms with Gasteiger partial charge in [0, 0.05) is 18.3 Å². The van der Waals surface area contributed by atoms with E-state index in [2.05, 4.69) is 0 Å². The summed E-state index contributed by atoms with van der Waals surface area (Å²) < 4.78 is 0. The van der Waals surface area contributed by atoms with Crippen LogP contribution in [0.15, 0.2) is 0 Å². The smallest absolute Gasteiger partial charge is 0.226 e. The van der Waals surface area contributed by atoms with Crippen molar-refractivity contribution in [2.45, 2.75) is 59.3 Å². The van der Waals surface area contributed by atoms with Gasteiger partial charge in [-0.2, -0.15) is 0 Å². The summed E-state index contributed by atoms with van der Waals surface area (Å²) in [5.74, 6) is 0.521. The molecule has 3 nitrogen and oxygen atoms in total. The lowest BCUT2D eigenvalue weighted by Gasteiger charge is -2.19. The molecular formula is C15H23Cl3O3. The van der Waals surface area contributed by atoms with Crippen molar-refractivity contribution in [2.24, 2.45) is 17.3 Å². The quantitative estimate of drug-likeness (QED) is 0.657. The second-order valence-electron chi connectivity index (χ2n) is 6.45. The number of carbonyl (C=O) groups excluding carboxylic acids is 3. The maximum absolute atomic E-state index is 10.8. The Hall–Kier alpha value is -0.120. The molecule has 0 amide bonds. The number of hydrogen-bond donors (Lipinski definition) is 0. The van der Waals surface area contributed by atoms with Crippen LogP contribution in [0.4, 0.5) is 0 Å². The highest BCUT2D eigenvalue weighted by Crippen LogP contribution is 2.35. The minimum atomic E-state index is -0.373. The molecule has 0 saturated heterocycles. The molecule has 0 aliphatic heterocycles. The number of halogens is 3. The molecule has 0 heterocycles. The Morgan fingerprint density at radius 3 is 1.52 bits per heavy atom. The van der Waals surface area contributed by atoms with E-state index in [0.717, 1.165) is 12.8 Å². The van der Waals surface area contributed by atoms with Crippen molar-refractivity contribution in [1.82, 2.24) is 0 Å². The highest BCUT2D eigenvalue weighted by molar-refractivity contribution is 6.64. The van der Waals surface area contributed by atoms with Gasteiger partial charge in [-0.15, -0.1) is 0 Å². The van der Waals surface area contributed by atoms with Crippen molar-refractivity contribution in [1.29, 1.82) is 0 Å². The van der Waals surface area contributed by atoms with Crippen molar-refractivity contribution in [2.75, 3.05) is 0 Å². The molecule has 0 aromatic carbocycles. The Morgan fingerprint density at radius 2 is 1.29 bits per heavy atom. The second kappa shape index (κ2) is 9.81.